The highest BCUT2D eigenvalue weighted by Crippen LogP contribution is 2.48. The summed E-state index contributed by atoms with van der Waals surface area (Å²) in [6.07, 6.45) is 2.27. The van der Waals surface area contributed by atoms with Gasteiger partial charge in [-0.05, 0) is 19.3 Å². The third-order valence-corrected chi connectivity index (χ3v) is 3.29. The van der Waals surface area contributed by atoms with Crippen molar-refractivity contribution in [3.8, 4) is 11.5 Å². The lowest BCUT2D eigenvalue weighted by molar-refractivity contribution is 0.227. The molecular weight excluding hydrogens is 228 g/mol. The fourth-order valence-corrected chi connectivity index (χ4v) is 2.24. The Bertz CT molecular complexity index is 416. The molecule has 94 valence electrons. The van der Waals surface area contributed by atoms with Gasteiger partial charge >= 0.3 is 0 Å². The van der Waals surface area contributed by atoms with E-state index >= 15 is 0 Å². The van der Waals surface area contributed by atoms with Gasteiger partial charge in [0.2, 0.25) is 0 Å². The minimum absolute atomic E-state index is 0.0227. The highest BCUT2D eigenvalue weighted by atomic mass is 19.1. The zero-order valence-corrected chi connectivity index (χ0v) is 9.85. The van der Waals surface area contributed by atoms with E-state index in [1.165, 1.54) is 14.2 Å². The summed E-state index contributed by atoms with van der Waals surface area (Å²) in [5.74, 6) is -1.55. The van der Waals surface area contributed by atoms with E-state index in [-0.39, 0.29) is 11.5 Å². The van der Waals surface area contributed by atoms with E-state index in [9.17, 15) is 8.78 Å². The molecule has 0 radical (unpaired) electrons. The van der Waals surface area contributed by atoms with Crippen molar-refractivity contribution in [2.45, 2.75) is 24.8 Å². The van der Waals surface area contributed by atoms with Crippen molar-refractivity contribution in [1.82, 2.24) is 0 Å². The van der Waals surface area contributed by atoms with E-state index in [1.807, 2.05) is 0 Å². The van der Waals surface area contributed by atoms with Crippen LogP contribution in [0.3, 0.4) is 0 Å². The molecule has 0 amide bonds. The molecular formula is C12H15F2NO2. The molecule has 1 fully saturated rings. The van der Waals surface area contributed by atoms with Crippen LogP contribution in [0.25, 0.3) is 0 Å². The summed E-state index contributed by atoms with van der Waals surface area (Å²) >= 11 is 0. The van der Waals surface area contributed by atoms with Crippen LogP contribution in [0, 0.1) is 11.6 Å². The standard InChI is InChI=1S/C12H15F2NO2/c1-16-10-7(13)6-8(14)11(17-2)9(10)12(15)4-3-5-12/h6H,3-5,15H2,1-2H3. The van der Waals surface area contributed by atoms with Crippen molar-refractivity contribution in [2.24, 2.45) is 5.73 Å². The second-order valence-corrected chi connectivity index (χ2v) is 4.29. The van der Waals surface area contributed by atoms with Gasteiger partial charge < -0.3 is 15.2 Å². The van der Waals surface area contributed by atoms with Gasteiger partial charge in [-0.3, -0.25) is 0 Å². The number of benzene rings is 1. The first-order valence-electron chi connectivity index (χ1n) is 5.43. The van der Waals surface area contributed by atoms with Gasteiger partial charge in [0.15, 0.2) is 23.1 Å². The van der Waals surface area contributed by atoms with Crippen molar-refractivity contribution in [3.63, 3.8) is 0 Å². The van der Waals surface area contributed by atoms with Gasteiger partial charge in [-0.1, -0.05) is 0 Å². The van der Waals surface area contributed by atoms with Gasteiger partial charge in [0.25, 0.3) is 0 Å². The van der Waals surface area contributed by atoms with Crippen molar-refractivity contribution < 1.29 is 18.3 Å². The van der Waals surface area contributed by atoms with E-state index < -0.39 is 17.2 Å². The van der Waals surface area contributed by atoms with E-state index in [0.29, 0.717) is 18.4 Å². The molecule has 5 heteroatoms. The summed E-state index contributed by atoms with van der Waals surface area (Å²) in [5, 5.41) is 0. The molecule has 1 saturated carbocycles. The Morgan fingerprint density at radius 3 is 1.88 bits per heavy atom. The van der Waals surface area contributed by atoms with Crippen LogP contribution in [-0.2, 0) is 5.54 Å². The molecule has 0 saturated heterocycles. The van der Waals surface area contributed by atoms with Crippen molar-refractivity contribution in [2.75, 3.05) is 14.2 Å². The molecule has 1 aromatic carbocycles. The Morgan fingerprint density at radius 1 is 1.12 bits per heavy atom. The molecule has 17 heavy (non-hydrogen) atoms. The molecule has 0 bridgehead atoms. The fraction of sp³-hybridized carbons (Fsp3) is 0.500. The molecule has 0 atom stereocenters. The number of hydrogen-bond acceptors (Lipinski definition) is 3. The molecule has 1 aliphatic rings. The maximum Gasteiger partial charge on any atom is 0.168 e. The second kappa shape index (κ2) is 4.14. The van der Waals surface area contributed by atoms with Crippen molar-refractivity contribution in [1.29, 1.82) is 0 Å². The Kier molecular flexibility index (Phi) is 2.95. The summed E-state index contributed by atoms with van der Waals surface area (Å²) in [7, 11) is 2.67. The molecule has 0 spiro atoms. The maximum atomic E-state index is 13.6. The lowest BCUT2D eigenvalue weighted by atomic mass is 9.72. The van der Waals surface area contributed by atoms with Crippen LogP contribution in [0.5, 0.6) is 11.5 Å². The first-order chi connectivity index (χ1) is 8.03. The Hall–Kier alpha value is -1.36. The monoisotopic (exact) mass is 243 g/mol. The third kappa shape index (κ3) is 1.74. The smallest absolute Gasteiger partial charge is 0.168 e. The molecule has 3 nitrogen and oxygen atoms in total. The summed E-state index contributed by atoms with van der Waals surface area (Å²) in [5.41, 5.74) is 5.67. The molecule has 0 unspecified atom stereocenters. The summed E-state index contributed by atoms with van der Waals surface area (Å²) in [6, 6.07) is 0.753. The number of hydrogen-bond donors (Lipinski definition) is 1. The number of halogens is 2. The predicted molar refractivity (Wildman–Crippen MR) is 59.2 cm³/mol. The molecule has 2 N–H and O–H groups in total. The largest absolute Gasteiger partial charge is 0.493 e. The highest BCUT2D eigenvalue weighted by molar-refractivity contribution is 5.52. The number of ether oxygens (including phenoxy) is 2. The first-order valence-corrected chi connectivity index (χ1v) is 5.43. The van der Waals surface area contributed by atoms with Gasteiger partial charge in [-0.2, -0.15) is 0 Å². The second-order valence-electron chi connectivity index (χ2n) is 4.29. The third-order valence-electron chi connectivity index (χ3n) is 3.29. The summed E-state index contributed by atoms with van der Waals surface area (Å²) in [4.78, 5) is 0. The van der Waals surface area contributed by atoms with Gasteiger partial charge in [0.1, 0.15) is 0 Å². The summed E-state index contributed by atoms with van der Waals surface area (Å²) in [6.45, 7) is 0. The fourth-order valence-electron chi connectivity index (χ4n) is 2.24. The van der Waals surface area contributed by atoms with Crippen LogP contribution in [0.15, 0.2) is 6.07 Å². The minimum atomic E-state index is -0.752. The summed E-state index contributed by atoms with van der Waals surface area (Å²) < 4.78 is 37.3. The highest BCUT2D eigenvalue weighted by Gasteiger charge is 2.41. The van der Waals surface area contributed by atoms with E-state index in [1.54, 1.807) is 0 Å². The van der Waals surface area contributed by atoms with Crippen LogP contribution in [0.4, 0.5) is 8.78 Å². The average molecular weight is 243 g/mol. The lowest BCUT2D eigenvalue weighted by Gasteiger charge is -2.40. The Balaban J connectivity index is 2.67. The van der Waals surface area contributed by atoms with E-state index in [2.05, 4.69) is 0 Å². The predicted octanol–water partition coefficient (Wildman–Crippen LogP) is 2.32. The Morgan fingerprint density at radius 2 is 1.59 bits per heavy atom. The Labute approximate surface area is 98.5 Å². The quantitative estimate of drug-likeness (QED) is 0.886. The SMILES string of the molecule is COc1c(F)cc(F)c(OC)c1C1(N)CCC1. The van der Waals surface area contributed by atoms with E-state index in [4.69, 9.17) is 15.2 Å². The maximum absolute atomic E-state index is 13.6. The van der Waals surface area contributed by atoms with Gasteiger partial charge in [0, 0.05) is 11.6 Å². The topological polar surface area (TPSA) is 44.5 Å². The van der Waals surface area contributed by atoms with Crippen LogP contribution < -0.4 is 15.2 Å². The lowest BCUT2D eigenvalue weighted by Crippen LogP contribution is -2.44. The average Bonchev–Trinajstić information content (AvgIpc) is 2.25. The van der Waals surface area contributed by atoms with E-state index in [0.717, 1.165) is 12.5 Å². The van der Waals surface area contributed by atoms with Crippen LogP contribution >= 0.6 is 0 Å². The molecule has 1 aliphatic carbocycles. The zero-order chi connectivity index (χ0) is 12.6. The minimum Gasteiger partial charge on any atom is -0.493 e. The van der Waals surface area contributed by atoms with Crippen LogP contribution in [0.2, 0.25) is 0 Å². The van der Waals surface area contributed by atoms with Crippen LogP contribution in [0.1, 0.15) is 24.8 Å². The van der Waals surface area contributed by atoms with Crippen LogP contribution in [-0.4, -0.2) is 14.2 Å². The van der Waals surface area contributed by atoms with Gasteiger partial charge in [0.05, 0.1) is 19.8 Å². The zero-order valence-electron chi connectivity index (χ0n) is 9.85. The van der Waals surface area contributed by atoms with Crippen molar-refractivity contribution >= 4 is 0 Å². The number of methoxy groups -OCH3 is 2. The molecule has 0 aliphatic heterocycles. The molecule has 0 aromatic heterocycles. The normalized spacial score (nSPS) is 17.5. The molecule has 0 heterocycles. The first kappa shape index (κ1) is 12.1. The van der Waals surface area contributed by atoms with Crippen molar-refractivity contribution in [3.05, 3.63) is 23.3 Å². The number of rotatable bonds is 3. The number of nitrogens with two attached hydrogens (primary N) is 1. The van der Waals surface area contributed by atoms with Gasteiger partial charge in [-0.15, -0.1) is 0 Å². The van der Waals surface area contributed by atoms with Gasteiger partial charge in [-0.25, -0.2) is 8.78 Å². The molecule has 2 rings (SSSR count). The molecule has 1 aromatic rings.